The van der Waals surface area contributed by atoms with E-state index in [1.807, 2.05) is 16.7 Å². The summed E-state index contributed by atoms with van der Waals surface area (Å²) < 4.78 is 43.2. The molecule has 3 heterocycles. The number of nitrogens with zero attached hydrogens (tertiary/aromatic N) is 7. The molecular weight excluding hydrogens is 365 g/mol. The number of aromatic nitrogens is 5. The third-order valence-corrected chi connectivity index (χ3v) is 3.82. The molecule has 0 aromatic carbocycles. The van der Waals surface area contributed by atoms with Crippen molar-refractivity contribution in [2.45, 2.75) is 19.1 Å². The molecule has 1 aliphatic rings. The molecule has 9 nitrogen and oxygen atoms in total. The summed E-state index contributed by atoms with van der Waals surface area (Å²) in [7, 11) is 0. The smallest absolute Gasteiger partial charge is 0.419 e. The first kappa shape index (κ1) is 19.0. The average molecular weight is 384 g/mol. The van der Waals surface area contributed by atoms with Crippen molar-refractivity contribution in [1.29, 1.82) is 0 Å². The maximum Gasteiger partial charge on any atom is 0.419 e. The van der Waals surface area contributed by atoms with E-state index in [0.717, 1.165) is 12.4 Å². The Labute approximate surface area is 153 Å². The predicted molar refractivity (Wildman–Crippen MR) is 90.4 cm³/mol. The molecule has 2 aromatic rings. The summed E-state index contributed by atoms with van der Waals surface area (Å²) >= 11 is 0. The van der Waals surface area contributed by atoms with Gasteiger partial charge in [0.15, 0.2) is 0 Å². The molecule has 0 unspecified atom stereocenters. The summed E-state index contributed by atoms with van der Waals surface area (Å²) in [5.74, 6) is 0.733. The topological polar surface area (TPSA) is 106 Å². The molecule has 0 aliphatic carbocycles. The van der Waals surface area contributed by atoms with Crippen molar-refractivity contribution in [3.63, 3.8) is 0 Å². The van der Waals surface area contributed by atoms with Crippen molar-refractivity contribution in [3.8, 4) is 6.01 Å². The van der Waals surface area contributed by atoms with Crippen LogP contribution in [0.25, 0.3) is 0 Å². The van der Waals surface area contributed by atoms with Crippen LogP contribution in [-0.2, 0) is 6.18 Å². The number of hydrogen-bond acceptors (Lipinski definition) is 9. The van der Waals surface area contributed by atoms with Crippen molar-refractivity contribution in [3.05, 3.63) is 24.3 Å². The van der Waals surface area contributed by atoms with Gasteiger partial charge in [-0.15, -0.1) is 0 Å². The Balaban J connectivity index is 1.59. The van der Waals surface area contributed by atoms with Gasteiger partial charge in [-0.3, -0.25) is 0 Å². The molecule has 3 rings (SSSR count). The first-order valence-electron chi connectivity index (χ1n) is 8.29. The van der Waals surface area contributed by atoms with Crippen LogP contribution in [0.5, 0.6) is 6.01 Å². The van der Waals surface area contributed by atoms with Crippen LogP contribution in [-0.4, -0.2) is 63.7 Å². The molecule has 146 valence electrons. The van der Waals surface area contributed by atoms with E-state index in [1.54, 1.807) is 0 Å². The Hall–Kier alpha value is -2.76. The third kappa shape index (κ3) is 4.90. The highest BCUT2D eigenvalue weighted by Gasteiger charge is 2.32. The van der Waals surface area contributed by atoms with Crippen molar-refractivity contribution in [1.82, 2.24) is 24.9 Å². The molecule has 0 radical (unpaired) electrons. The van der Waals surface area contributed by atoms with Crippen LogP contribution in [0.3, 0.4) is 0 Å². The molecule has 27 heavy (non-hydrogen) atoms. The fourth-order valence-electron chi connectivity index (χ4n) is 2.44. The molecule has 1 fully saturated rings. The molecule has 1 saturated heterocycles. The van der Waals surface area contributed by atoms with E-state index in [2.05, 4.69) is 24.9 Å². The molecule has 1 aliphatic heterocycles. The van der Waals surface area contributed by atoms with E-state index in [1.165, 1.54) is 6.33 Å². The van der Waals surface area contributed by atoms with Gasteiger partial charge in [-0.05, 0) is 6.92 Å². The quantitative estimate of drug-likeness (QED) is 0.798. The van der Waals surface area contributed by atoms with Crippen molar-refractivity contribution in [2.75, 3.05) is 42.6 Å². The molecule has 0 saturated carbocycles. The standard InChI is InChI=1S/C15H19F3N8O/c1-10(19)8-27-14-23-9-22-13(24-14)26-4-2-25(3-5-26)12-20-6-11(7-21-12)15(16,17)18/h6-7,9-10H,2-5,8,19H2,1H3/t10-/m0/s1. The van der Waals surface area contributed by atoms with Crippen LogP contribution in [0, 0.1) is 0 Å². The van der Waals surface area contributed by atoms with Gasteiger partial charge in [0.2, 0.25) is 11.9 Å². The number of alkyl halides is 3. The number of nitrogens with two attached hydrogens (primary N) is 1. The summed E-state index contributed by atoms with van der Waals surface area (Å²) in [6.45, 7) is 4.26. The predicted octanol–water partition coefficient (Wildman–Crippen LogP) is 0.733. The van der Waals surface area contributed by atoms with Crippen molar-refractivity contribution >= 4 is 11.9 Å². The molecule has 0 bridgehead atoms. The Morgan fingerprint density at radius 1 is 1.04 bits per heavy atom. The van der Waals surface area contributed by atoms with Gasteiger partial charge < -0.3 is 20.3 Å². The minimum Gasteiger partial charge on any atom is -0.462 e. The number of ether oxygens (including phenoxy) is 1. The Morgan fingerprint density at radius 3 is 2.19 bits per heavy atom. The lowest BCUT2D eigenvalue weighted by molar-refractivity contribution is -0.138. The zero-order valence-corrected chi connectivity index (χ0v) is 14.6. The molecule has 2 aromatic heterocycles. The van der Waals surface area contributed by atoms with E-state index in [4.69, 9.17) is 10.5 Å². The maximum absolute atomic E-state index is 12.6. The molecule has 0 amide bonds. The van der Waals surface area contributed by atoms with Crippen LogP contribution in [0.4, 0.5) is 25.1 Å². The summed E-state index contributed by atoms with van der Waals surface area (Å²) in [6.07, 6.45) is -1.49. The average Bonchev–Trinajstić information content (AvgIpc) is 2.66. The van der Waals surface area contributed by atoms with Gasteiger partial charge in [-0.25, -0.2) is 15.0 Å². The lowest BCUT2D eigenvalue weighted by atomic mass is 10.3. The Morgan fingerprint density at radius 2 is 1.63 bits per heavy atom. The van der Waals surface area contributed by atoms with Crippen LogP contribution >= 0.6 is 0 Å². The highest BCUT2D eigenvalue weighted by molar-refractivity contribution is 5.37. The van der Waals surface area contributed by atoms with Crippen molar-refractivity contribution in [2.24, 2.45) is 5.73 Å². The Kier molecular flexibility index (Phi) is 5.54. The number of rotatable bonds is 5. The second-order valence-electron chi connectivity index (χ2n) is 6.10. The van der Waals surface area contributed by atoms with Gasteiger partial charge in [0, 0.05) is 44.6 Å². The first-order valence-corrected chi connectivity index (χ1v) is 8.29. The second kappa shape index (κ2) is 7.86. The van der Waals surface area contributed by atoms with Crippen LogP contribution < -0.4 is 20.3 Å². The SMILES string of the molecule is C[C@H](N)COc1ncnc(N2CCN(c3ncc(C(F)(F)F)cn3)CC2)n1. The fourth-order valence-corrected chi connectivity index (χ4v) is 2.44. The summed E-state index contributed by atoms with van der Waals surface area (Å²) in [5, 5.41) is 0. The zero-order valence-electron chi connectivity index (χ0n) is 14.6. The van der Waals surface area contributed by atoms with Crippen LogP contribution in [0.2, 0.25) is 0 Å². The first-order chi connectivity index (χ1) is 12.8. The largest absolute Gasteiger partial charge is 0.462 e. The number of anilines is 2. The van der Waals surface area contributed by atoms with E-state index >= 15 is 0 Å². The number of halogens is 3. The molecule has 2 N–H and O–H groups in total. The summed E-state index contributed by atoms with van der Waals surface area (Å²) in [5.41, 5.74) is 4.77. The van der Waals surface area contributed by atoms with Gasteiger partial charge in [-0.1, -0.05) is 0 Å². The van der Waals surface area contributed by atoms with Crippen molar-refractivity contribution < 1.29 is 17.9 Å². The van der Waals surface area contributed by atoms with Gasteiger partial charge in [0.1, 0.15) is 12.9 Å². The van der Waals surface area contributed by atoms with Gasteiger partial charge in [-0.2, -0.15) is 23.1 Å². The Bertz CT molecular complexity index is 747. The van der Waals surface area contributed by atoms with E-state index in [9.17, 15) is 13.2 Å². The van der Waals surface area contributed by atoms with E-state index in [0.29, 0.717) is 38.7 Å². The zero-order chi connectivity index (χ0) is 19.4. The minimum absolute atomic E-state index is 0.141. The molecular formula is C15H19F3N8O. The van der Waals surface area contributed by atoms with Crippen LogP contribution in [0.1, 0.15) is 12.5 Å². The number of hydrogen-bond donors (Lipinski definition) is 1. The van der Waals surface area contributed by atoms with Gasteiger partial charge in [0.25, 0.3) is 0 Å². The third-order valence-electron chi connectivity index (χ3n) is 3.82. The minimum atomic E-state index is -4.45. The normalized spacial score (nSPS) is 16.3. The summed E-state index contributed by atoms with van der Waals surface area (Å²) in [4.78, 5) is 23.7. The molecule has 12 heteroatoms. The second-order valence-corrected chi connectivity index (χ2v) is 6.10. The highest BCUT2D eigenvalue weighted by atomic mass is 19.4. The fraction of sp³-hybridized carbons (Fsp3) is 0.533. The van der Waals surface area contributed by atoms with Gasteiger partial charge >= 0.3 is 12.2 Å². The maximum atomic E-state index is 12.6. The van der Waals surface area contributed by atoms with Crippen LogP contribution in [0.15, 0.2) is 18.7 Å². The van der Waals surface area contributed by atoms with Gasteiger partial charge in [0.05, 0.1) is 5.56 Å². The lowest BCUT2D eigenvalue weighted by Gasteiger charge is -2.34. The highest BCUT2D eigenvalue weighted by Crippen LogP contribution is 2.28. The summed E-state index contributed by atoms with van der Waals surface area (Å²) in [6, 6.07) is 0.0586. The monoisotopic (exact) mass is 384 g/mol. The van der Waals surface area contributed by atoms with E-state index < -0.39 is 11.7 Å². The number of piperazine rings is 1. The lowest BCUT2D eigenvalue weighted by Crippen LogP contribution is -2.47. The molecule has 0 spiro atoms. The molecule has 1 atom stereocenters. The van der Waals surface area contributed by atoms with E-state index in [-0.39, 0.29) is 18.0 Å².